The van der Waals surface area contributed by atoms with Crippen LogP contribution in [0.2, 0.25) is 0 Å². The van der Waals surface area contributed by atoms with Gasteiger partial charge < -0.3 is 29.4 Å². The predicted octanol–water partition coefficient (Wildman–Crippen LogP) is 4.19. The number of pyridine rings is 1. The van der Waals surface area contributed by atoms with Crippen LogP contribution in [0.5, 0.6) is 11.5 Å². The maximum atomic E-state index is 11.8. The average molecular weight is 714 g/mol. The van der Waals surface area contributed by atoms with Gasteiger partial charge >= 0.3 is 15.6 Å². The van der Waals surface area contributed by atoms with Gasteiger partial charge in [0.15, 0.2) is 5.82 Å². The number of ether oxygens (including phenoxy) is 1. The van der Waals surface area contributed by atoms with Crippen molar-refractivity contribution in [3.8, 4) is 11.5 Å². The largest absolute Gasteiger partial charge is 0.524 e. The first-order valence-corrected chi connectivity index (χ1v) is 18.5. The molecule has 0 radical (unpaired) electrons. The number of carbonyl (C=O) groups is 1. The van der Waals surface area contributed by atoms with Crippen LogP contribution < -0.4 is 20.1 Å². The van der Waals surface area contributed by atoms with Gasteiger partial charge in [0.1, 0.15) is 28.7 Å². The molecular weight excluding hydrogens is 676 g/mol. The number of fused-ring (bicyclic) bond motifs is 3. The van der Waals surface area contributed by atoms with Crippen LogP contribution >= 0.6 is 27.2 Å². The van der Waals surface area contributed by atoms with E-state index in [1.165, 1.54) is 12.1 Å². The minimum Gasteiger partial charge on any atom is -0.404 e. The maximum absolute atomic E-state index is 11.8. The van der Waals surface area contributed by atoms with Crippen molar-refractivity contribution in [2.24, 2.45) is 0 Å². The molecular formula is C29H38ClN5O10P2. The number of phosphoric acid groups is 2. The zero-order valence-corrected chi connectivity index (χ0v) is 28.2. The molecule has 0 bridgehead atoms. The number of phosphoric ester groups is 2. The number of unbranched alkanes of at least 4 members (excludes halogenated alkanes) is 1. The molecule has 0 saturated carbocycles. The summed E-state index contributed by atoms with van der Waals surface area (Å²) in [6.45, 7) is 3.53. The lowest BCUT2D eigenvalue weighted by Gasteiger charge is -2.17. The molecule has 2 aromatic carbocycles. The Hall–Kier alpha value is -3.26. The van der Waals surface area contributed by atoms with Crippen LogP contribution in [0.3, 0.4) is 0 Å². The Bertz CT molecular complexity index is 1810. The number of imidazole rings is 1. The number of amides is 1. The molecule has 2 heterocycles. The molecule has 4 aromatic rings. The van der Waals surface area contributed by atoms with E-state index in [0.29, 0.717) is 55.0 Å². The SMILES string of the molecule is CCCCc1nc2c(N)nc3cc(CCCOCCCNC(=O)CCl)ccc3c2n1Cc1cc(OP(=O)(O)O)ccc1OP(=O)(O)O. The van der Waals surface area contributed by atoms with E-state index in [4.69, 9.17) is 36.1 Å². The number of aromatic nitrogens is 3. The van der Waals surface area contributed by atoms with Gasteiger partial charge in [0, 0.05) is 37.1 Å². The molecule has 2 aromatic heterocycles. The van der Waals surface area contributed by atoms with Gasteiger partial charge in [0.05, 0.1) is 17.6 Å². The minimum absolute atomic E-state index is 0.0452. The van der Waals surface area contributed by atoms with E-state index >= 15 is 0 Å². The third-order valence-corrected chi connectivity index (χ3v) is 8.19. The monoisotopic (exact) mass is 713 g/mol. The molecule has 0 fully saturated rings. The van der Waals surface area contributed by atoms with Crippen molar-refractivity contribution < 1.29 is 47.3 Å². The van der Waals surface area contributed by atoms with Crippen molar-refractivity contribution in [1.82, 2.24) is 19.9 Å². The zero-order chi connectivity index (χ0) is 34.2. The van der Waals surface area contributed by atoms with E-state index in [-0.39, 0.29) is 41.2 Å². The number of halogens is 1. The van der Waals surface area contributed by atoms with Gasteiger partial charge in [-0.1, -0.05) is 25.5 Å². The van der Waals surface area contributed by atoms with Gasteiger partial charge in [-0.05, 0) is 55.5 Å². The van der Waals surface area contributed by atoms with E-state index in [2.05, 4.69) is 10.3 Å². The molecule has 0 aliphatic carbocycles. The summed E-state index contributed by atoms with van der Waals surface area (Å²) < 4.78 is 40.5. The molecule has 1 amide bonds. The Morgan fingerprint density at radius 3 is 2.43 bits per heavy atom. The first-order chi connectivity index (χ1) is 22.3. The van der Waals surface area contributed by atoms with Gasteiger partial charge in [-0.2, -0.15) is 0 Å². The van der Waals surface area contributed by atoms with Crippen LogP contribution in [0.4, 0.5) is 5.82 Å². The standard InChI is InChI=1S/C29H38ClN5O10P2/c1-2-3-7-25-34-27-28(35(25)18-20-16-21(44-46(37,38)39)9-11-24(20)45-47(40,41)42)22-10-8-19(15-23(22)33-29(27)31)6-4-13-43-14-5-12-32-26(36)17-30/h8-11,15-16H,2-7,12-14,17-18H2,1H3,(H2,31,33)(H,32,36)(H2,37,38,39)(H2,40,41,42). The summed E-state index contributed by atoms with van der Waals surface area (Å²) >= 11 is 5.46. The van der Waals surface area contributed by atoms with Crippen molar-refractivity contribution in [3.63, 3.8) is 0 Å². The number of rotatable bonds is 18. The van der Waals surface area contributed by atoms with Crippen LogP contribution in [0.15, 0.2) is 36.4 Å². The lowest BCUT2D eigenvalue weighted by atomic mass is 10.1. The maximum Gasteiger partial charge on any atom is 0.524 e. The molecule has 15 nitrogen and oxygen atoms in total. The Labute approximate surface area is 275 Å². The third-order valence-electron chi connectivity index (χ3n) is 7.07. The molecule has 7 N–H and O–H groups in total. The van der Waals surface area contributed by atoms with E-state index < -0.39 is 15.6 Å². The molecule has 0 atom stereocenters. The number of carbonyl (C=O) groups excluding carboxylic acids is 1. The molecule has 47 heavy (non-hydrogen) atoms. The average Bonchev–Trinajstić information content (AvgIpc) is 3.35. The van der Waals surface area contributed by atoms with Crippen molar-refractivity contribution in [1.29, 1.82) is 0 Å². The van der Waals surface area contributed by atoms with Crippen molar-refractivity contribution in [2.45, 2.75) is 52.0 Å². The molecule has 4 rings (SSSR count). The number of nitrogens with zero attached hydrogens (tertiary/aromatic N) is 3. The second-order valence-electron chi connectivity index (χ2n) is 10.7. The minimum atomic E-state index is -4.99. The van der Waals surface area contributed by atoms with E-state index in [1.54, 1.807) is 0 Å². The quantitative estimate of drug-likeness (QED) is 0.0483. The summed E-state index contributed by atoms with van der Waals surface area (Å²) in [6, 6.07) is 9.40. The number of anilines is 1. The third kappa shape index (κ3) is 10.6. The second-order valence-corrected chi connectivity index (χ2v) is 13.3. The smallest absolute Gasteiger partial charge is 0.404 e. The highest BCUT2D eigenvalue weighted by molar-refractivity contribution is 7.47. The second kappa shape index (κ2) is 16.2. The van der Waals surface area contributed by atoms with E-state index in [9.17, 15) is 33.5 Å². The molecule has 0 aliphatic heterocycles. The number of nitrogens with one attached hydrogen (secondary N) is 1. The first-order valence-electron chi connectivity index (χ1n) is 14.9. The molecule has 0 aliphatic rings. The van der Waals surface area contributed by atoms with Crippen molar-refractivity contribution in [2.75, 3.05) is 31.4 Å². The highest BCUT2D eigenvalue weighted by Gasteiger charge is 2.24. The van der Waals surface area contributed by atoms with Crippen LogP contribution in [0.25, 0.3) is 21.9 Å². The van der Waals surface area contributed by atoms with E-state index in [1.807, 2.05) is 29.7 Å². The highest BCUT2D eigenvalue weighted by atomic mass is 35.5. The number of alkyl halides is 1. The number of benzene rings is 2. The van der Waals surface area contributed by atoms with Crippen LogP contribution in [-0.2, 0) is 38.0 Å². The number of hydrogen-bond donors (Lipinski definition) is 6. The fourth-order valence-electron chi connectivity index (χ4n) is 5.05. The fraction of sp³-hybridized carbons (Fsp3) is 0.414. The van der Waals surface area contributed by atoms with Crippen LogP contribution in [-0.4, -0.2) is 65.7 Å². The van der Waals surface area contributed by atoms with Gasteiger partial charge in [-0.3, -0.25) is 24.4 Å². The van der Waals surface area contributed by atoms with Crippen LogP contribution in [0.1, 0.15) is 49.6 Å². The molecule has 0 spiro atoms. The summed E-state index contributed by atoms with van der Waals surface area (Å²) in [7, 11) is -9.92. The number of hydrogen-bond acceptors (Lipinski definition) is 9. The lowest BCUT2D eigenvalue weighted by Crippen LogP contribution is -2.26. The summed E-state index contributed by atoms with van der Waals surface area (Å²) in [5.74, 6) is 0.141. The van der Waals surface area contributed by atoms with Gasteiger partial charge in [-0.15, -0.1) is 11.6 Å². The summed E-state index contributed by atoms with van der Waals surface area (Å²) in [6.07, 6.45) is 4.36. The zero-order valence-electron chi connectivity index (χ0n) is 25.7. The summed E-state index contributed by atoms with van der Waals surface area (Å²) in [5, 5.41) is 3.43. The molecule has 0 saturated heterocycles. The normalized spacial score (nSPS) is 12.1. The number of nitrogen functional groups attached to an aromatic ring is 1. The Kier molecular flexibility index (Phi) is 12.6. The number of nitrogens with two attached hydrogens (primary N) is 1. The van der Waals surface area contributed by atoms with Gasteiger partial charge in [0.25, 0.3) is 0 Å². The van der Waals surface area contributed by atoms with Crippen molar-refractivity contribution in [3.05, 3.63) is 53.3 Å². The first kappa shape index (κ1) is 36.6. The van der Waals surface area contributed by atoms with Gasteiger partial charge in [-0.25, -0.2) is 19.1 Å². The molecule has 256 valence electrons. The topological polar surface area (TPSA) is 229 Å². The highest BCUT2D eigenvalue weighted by Crippen LogP contribution is 2.43. The Morgan fingerprint density at radius 2 is 1.72 bits per heavy atom. The van der Waals surface area contributed by atoms with Crippen molar-refractivity contribution >= 4 is 60.9 Å². The Balaban J connectivity index is 1.65. The molecule has 0 unspecified atom stereocenters. The van der Waals surface area contributed by atoms with Crippen LogP contribution in [0, 0.1) is 0 Å². The lowest BCUT2D eigenvalue weighted by molar-refractivity contribution is -0.118. The van der Waals surface area contributed by atoms with E-state index in [0.717, 1.165) is 42.7 Å². The summed E-state index contributed by atoms with van der Waals surface area (Å²) in [5.41, 5.74) is 9.32. The number of aryl methyl sites for hydroxylation is 2. The molecule has 18 heteroatoms. The fourth-order valence-corrected chi connectivity index (χ4v) is 5.96. The Morgan fingerprint density at radius 1 is 0.979 bits per heavy atom. The predicted molar refractivity (Wildman–Crippen MR) is 176 cm³/mol. The summed E-state index contributed by atoms with van der Waals surface area (Å²) in [4.78, 5) is 58.4. The van der Waals surface area contributed by atoms with Gasteiger partial charge in [0.2, 0.25) is 5.91 Å².